The molecule has 0 spiro atoms. The smallest absolute Gasteiger partial charge is 0.0819 e. The zero-order valence-electron chi connectivity index (χ0n) is 8.04. The fourth-order valence-electron chi connectivity index (χ4n) is 1.27. The highest BCUT2D eigenvalue weighted by atomic mass is 127. The van der Waals surface area contributed by atoms with Gasteiger partial charge in [0.05, 0.1) is 16.4 Å². The van der Waals surface area contributed by atoms with Gasteiger partial charge in [-0.3, -0.25) is 0 Å². The summed E-state index contributed by atoms with van der Waals surface area (Å²) in [6.45, 7) is 1.88. The van der Waals surface area contributed by atoms with Gasteiger partial charge in [-0.2, -0.15) is 5.10 Å². The lowest BCUT2D eigenvalue weighted by Crippen LogP contribution is -1.98. The summed E-state index contributed by atoms with van der Waals surface area (Å²) in [6.07, 6.45) is 1.80. The predicted octanol–water partition coefficient (Wildman–Crippen LogP) is 3.02. The van der Waals surface area contributed by atoms with Crippen LogP contribution in [-0.4, -0.2) is 9.78 Å². The molecule has 0 saturated heterocycles. The van der Waals surface area contributed by atoms with E-state index in [4.69, 9.17) is 17.3 Å². The molecule has 2 N–H and O–H groups in total. The normalized spacial score (nSPS) is 10.6. The van der Waals surface area contributed by atoms with E-state index in [0.29, 0.717) is 5.02 Å². The van der Waals surface area contributed by atoms with Gasteiger partial charge in [-0.15, -0.1) is 0 Å². The highest BCUT2D eigenvalue weighted by Gasteiger charge is 2.06. The van der Waals surface area contributed by atoms with Crippen LogP contribution >= 0.6 is 34.2 Å². The lowest BCUT2D eigenvalue weighted by atomic mass is 10.3. The quantitative estimate of drug-likeness (QED) is 0.644. The number of rotatable bonds is 1. The van der Waals surface area contributed by atoms with Crippen molar-refractivity contribution in [1.82, 2.24) is 9.78 Å². The summed E-state index contributed by atoms with van der Waals surface area (Å²) in [4.78, 5) is 0. The van der Waals surface area contributed by atoms with Gasteiger partial charge in [0, 0.05) is 15.5 Å². The molecule has 0 aliphatic heterocycles. The fourth-order valence-corrected chi connectivity index (χ4v) is 2.19. The SMILES string of the molecule is Cc1nn(-c2ccc(N)cc2I)cc1Cl. The van der Waals surface area contributed by atoms with E-state index in [1.165, 1.54) is 0 Å². The molecule has 0 unspecified atom stereocenters. The lowest BCUT2D eigenvalue weighted by molar-refractivity contribution is 0.858. The van der Waals surface area contributed by atoms with E-state index in [1.807, 2.05) is 25.1 Å². The zero-order chi connectivity index (χ0) is 11.0. The van der Waals surface area contributed by atoms with Gasteiger partial charge in [0.1, 0.15) is 0 Å². The fraction of sp³-hybridized carbons (Fsp3) is 0.100. The number of aromatic nitrogens is 2. The number of nitrogen functional groups attached to an aromatic ring is 1. The van der Waals surface area contributed by atoms with Crippen LogP contribution in [-0.2, 0) is 0 Å². The Kier molecular flexibility index (Phi) is 2.88. The summed E-state index contributed by atoms with van der Waals surface area (Å²) < 4.78 is 2.81. The number of anilines is 1. The van der Waals surface area contributed by atoms with Crippen LogP contribution in [0, 0.1) is 10.5 Å². The van der Waals surface area contributed by atoms with Crippen molar-refractivity contribution in [2.45, 2.75) is 6.92 Å². The number of nitrogens with zero attached hydrogens (tertiary/aromatic N) is 2. The van der Waals surface area contributed by atoms with Crippen LogP contribution in [0.25, 0.3) is 5.69 Å². The molecule has 1 heterocycles. The van der Waals surface area contributed by atoms with Crippen molar-refractivity contribution in [3.8, 4) is 5.69 Å². The van der Waals surface area contributed by atoms with Gasteiger partial charge in [0.15, 0.2) is 0 Å². The number of nitrogens with two attached hydrogens (primary N) is 1. The van der Waals surface area contributed by atoms with Crippen LogP contribution in [0.3, 0.4) is 0 Å². The third-order valence-corrected chi connectivity index (χ3v) is 3.29. The molecule has 0 radical (unpaired) electrons. The van der Waals surface area contributed by atoms with Gasteiger partial charge in [0.2, 0.25) is 0 Å². The van der Waals surface area contributed by atoms with E-state index >= 15 is 0 Å². The molecular formula is C10H9ClIN3. The molecule has 1 aromatic heterocycles. The lowest BCUT2D eigenvalue weighted by Gasteiger charge is -2.04. The molecule has 2 rings (SSSR count). The Balaban J connectivity index is 2.54. The van der Waals surface area contributed by atoms with Crippen molar-refractivity contribution in [2.75, 3.05) is 5.73 Å². The minimum absolute atomic E-state index is 0.669. The number of benzene rings is 1. The first-order valence-corrected chi connectivity index (χ1v) is 5.81. The molecule has 0 bridgehead atoms. The van der Waals surface area contributed by atoms with Gasteiger partial charge in [0.25, 0.3) is 0 Å². The monoisotopic (exact) mass is 333 g/mol. The van der Waals surface area contributed by atoms with Gasteiger partial charge in [-0.1, -0.05) is 11.6 Å². The largest absolute Gasteiger partial charge is 0.399 e. The van der Waals surface area contributed by atoms with E-state index in [2.05, 4.69) is 27.7 Å². The second-order valence-corrected chi connectivity index (χ2v) is 4.79. The van der Waals surface area contributed by atoms with E-state index in [0.717, 1.165) is 20.6 Å². The van der Waals surface area contributed by atoms with Crippen molar-refractivity contribution in [1.29, 1.82) is 0 Å². The summed E-state index contributed by atoms with van der Waals surface area (Å²) in [5, 5.41) is 4.98. The molecule has 0 aliphatic rings. The Labute approximate surface area is 106 Å². The molecule has 3 nitrogen and oxygen atoms in total. The molecule has 0 fully saturated rings. The molecule has 15 heavy (non-hydrogen) atoms. The maximum Gasteiger partial charge on any atom is 0.0819 e. The standard InChI is InChI=1S/C10H9ClIN3/c1-6-8(11)5-15(14-6)10-3-2-7(13)4-9(10)12/h2-5H,13H2,1H3. The Hall–Kier alpha value is -0.750. The molecule has 2 aromatic rings. The van der Waals surface area contributed by atoms with Crippen LogP contribution in [0.1, 0.15) is 5.69 Å². The number of hydrogen-bond donors (Lipinski definition) is 1. The second kappa shape index (κ2) is 4.02. The first-order valence-electron chi connectivity index (χ1n) is 4.35. The highest BCUT2D eigenvalue weighted by molar-refractivity contribution is 14.1. The third-order valence-electron chi connectivity index (χ3n) is 2.06. The van der Waals surface area contributed by atoms with E-state index < -0.39 is 0 Å². The first-order chi connectivity index (χ1) is 7.08. The van der Waals surface area contributed by atoms with E-state index in [9.17, 15) is 0 Å². The maximum absolute atomic E-state index is 5.95. The Morgan fingerprint density at radius 1 is 1.47 bits per heavy atom. The first kappa shape index (κ1) is 10.8. The maximum atomic E-state index is 5.95. The molecule has 0 amide bonds. The Morgan fingerprint density at radius 3 is 2.73 bits per heavy atom. The third kappa shape index (κ3) is 2.10. The van der Waals surface area contributed by atoms with Crippen molar-refractivity contribution in [3.63, 3.8) is 0 Å². The molecule has 1 aromatic carbocycles. The van der Waals surface area contributed by atoms with Gasteiger partial charge in [-0.05, 0) is 47.7 Å². The van der Waals surface area contributed by atoms with Crippen LogP contribution < -0.4 is 5.73 Å². The molecule has 5 heteroatoms. The molecule has 0 atom stereocenters. The summed E-state index contributed by atoms with van der Waals surface area (Å²) in [7, 11) is 0. The average Bonchev–Trinajstić information content (AvgIpc) is 2.46. The minimum atomic E-state index is 0.669. The summed E-state index contributed by atoms with van der Waals surface area (Å²) in [5.74, 6) is 0. The minimum Gasteiger partial charge on any atom is -0.399 e. The molecular weight excluding hydrogens is 324 g/mol. The van der Waals surface area contributed by atoms with Gasteiger partial charge in [-0.25, -0.2) is 4.68 Å². The topological polar surface area (TPSA) is 43.8 Å². The average molecular weight is 334 g/mol. The highest BCUT2D eigenvalue weighted by Crippen LogP contribution is 2.22. The van der Waals surface area contributed by atoms with Crippen LogP contribution in [0.2, 0.25) is 5.02 Å². The Morgan fingerprint density at radius 2 is 2.20 bits per heavy atom. The van der Waals surface area contributed by atoms with Crippen molar-refractivity contribution < 1.29 is 0 Å². The number of aryl methyl sites for hydroxylation is 1. The van der Waals surface area contributed by atoms with Gasteiger partial charge < -0.3 is 5.73 Å². The zero-order valence-corrected chi connectivity index (χ0v) is 11.0. The van der Waals surface area contributed by atoms with Crippen molar-refractivity contribution in [3.05, 3.63) is 38.7 Å². The van der Waals surface area contributed by atoms with E-state index in [-0.39, 0.29) is 0 Å². The number of hydrogen-bond acceptors (Lipinski definition) is 2. The molecule has 0 aliphatic carbocycles. The summed E-state index contributed by atoms with van der Waals surface area (Å²) in [6, 6.07) is 5.68. The molecule has 0 saturated carbocycles. The van der Waals surface area contributed by atoms with Gasteiger partial charge >= 0.3 is 0 Å². The van der Waals surface area contributed by atoms with Crippen molar-refractivity contribution >= 4 is 39.9 Å². The predicted molar refractivity (Wildman–Crippen MR) is 70.4 cm³/mol. The Bertz CT molecular complexity index is 488. The summed E-state index contributed by atoms with van der Waals surface area (Å²) >= 11 is 8.18. The number of halogens is 2. The summed E-state index contributed by atoms with van der Waals surface area (Å²) in [5.41, 5.74) is 8.24. The molecule has 78 valence electrons. The van der Waals surface area contributed by atoms with Crippen LogP contribution in [0.15, 0.2) is 24.4 Å². The van der Waals surface area contributed by atoms with Crippen LogP contribution in [0.5, 0.6) is 0 Å². The van der Waals surface area contributed by atoms with Crippen LogP contribution in [0.4, 0.5) is 5.69 Å². The van der Waals surface area contributed by atoms with Crippen molar-refractivity contribution in [2.24, 2.45) is 0 Å². The second-order valence-electron chi connectivity index (χ2n) is 3.22. The van der Waals surface area contributed by atoms with E-state index in [1.54, 1.807) is 10.9 Å².